The first-order valence-corrected chi connectivity index (χ1v) is 9.93. The maximum absolute atomic E-state index is 12.4. The Morgan fingerprint density at radius 2 is 1.88 bits per heavy atom. The zero-order valence-corrected chi connectivity index (χ0v) is 15.7. The highest BCUT2D eigenvalue weighted by Gasteiger charge is 2.22. The van der Waals surface area contributed by atoms with Gasteiger partial charge in [0.25, 0.3) is 0 Å². The van der Waals surface area contributed by atoms with Crippen LogP contribution >= 0.6 is 0 Å². The third-order valence-corrected chi connectivity index (χ3v) is 5.99. The summed E-state index contributed by atoms with van der Waals surface area (Å²) in [5.74, 6) is -0.292. The van der Waals surface area contributed by atoms with Crippen molar-refractivity contribution in [1.29, 1.82) is 0 Å². The van der Waals surface area contributed by atoms with Crippen molar-refractivity contribution in [2.45, 2.75) is 18.2 Å². The van der Waals surface area contributed by atoms with Crippen molar-refractivity contribution in [1.82, 2.24) is 14.5 Å². The van der Waals surface area contributed by atoms with E-state index < -0.39 is 10.0 Å². The lowest BCUT2D eigenvalue weighted by Gasteiger charge is -2.26. The van der Waals surface area contributed by atoms with Gasteiger partial charge in [0.2, 0.25) is 15.9 Å². The number of ether oxygens (including phenoxy) is 1. The summed E-state index contributed by atoms with van der Waals surface area (Å²) < 4.78 is 31.3. The lowest BCUT2D eigenvalue weighted by Crippen LogP contribution is -2.40. The molecule has 0 unspecified atom stereocenters. The summed E-state index contributed by atoms with van der Waals surface area (Å²) in [6, 6.07) is 6.60. The van der Waals surface area contributed by atoms with Gasteiger partial charge in [0.05, 0.1) is 24.7 Å². The average molecular weight is 369 g/mol. The first kappa shape index (κ1) is 19.8. The van der Waals surface area contributed by atoms with E-state index in [-0.39, 0.29) is 17.3 Å². The molecule has 1 aromatic rings. The molecule has 1 aromatic carbocycles. The molecule has 0 spiro atoms. The number of amides is 1. The maximum atomic E-state index is 12.4. The first-order valence-electron chi connectivity index (χ1n) is 8.49. The van der Waals surface area contributed by atoms with E-state index in [0.717, 1.165) is 49.1 Å². The normalized spacial score (nSPS) is 16.1. The van der Waals surface area contributed by atoms with E-state index >= 15 is 0 Å². The Bertz CT molecular complexity index is 655. The quantitative estimate of drug-likeness (QED) is 0.674. The maximum Gasteiger partial charge on any atom is 0.243 e. The van der Waals surface area contributed by atoms with E-state index in [1.807, 2.05) is 6.92 Å². The van der Waals surface area contributed by atoms with Crippen molar-refractivity contribution in [2.24, 2.45) is 0 Å². The number of hydrogen-bond donors (Lipinski definition) is 1. The molecule has 140 valence electrons. The lowest BCUT2D eigenvalue weighted by atomic mass is 10.2. The zero-order chi connectivity index (χ0) is 18.3. The molecule has 25 heavy (non-hydrogen) atoms. The highest BCUT2D eigenvalue weighted by atomic mass is 32.2. The van der Waals surface area contributed by atoms with Gasteiger partial charge in [0.1, 0.15) is 0 Å². The molecule has 0 radical (unpaired) electrons. The molecule has 0 aromatic heterocycles. The summed E-state index contributed by atoms with van der Waals surface area (Å²) in [6.45, 7) is 6.51. The number of likely N-dealkylation sites (N-methyl/N-ethyl adjacent to an activating group) is 1. The van der Waals surface area contributed by atoms with Crippen LogP contribution in [0.3, 0.4) is 0 Å². The highest BCUT2D eigenvalue weighted by Crippen LogP contribution is 2.14. The summed E-state index contributed by atoms with van der Waals surface area (Å²) in [5, 5.41) is 2.78. The number of rotatable bonds is 8. The fourth-order valence-electron chi connectivity index (χ4n) is 2.59. The number of carbonyl (C=O) groups excluding carboxylic acids is 1. The number of nitrogens with one attached hydrogen (secondary N) is 1. The fraction of sp³-hybridized carbons (Fsp3) is 0.588. The molecule has 0 saturated carbocycles. The molecule has 7 nitrogen and oxygen atoms in total. The molecule has 8 heteroatoms. The van der Waals surface area contributed by atoms with Gasteiger partial charge in [0, 0.05) is 26.7 Å². The van der Waals surface area contributed by atoms with Crippen LogP contribution in [0.1, 0.15) is 12.0 Å². The van der Waals surface area contributed by atoms with Crippen molar-refractivity contribution in [3.8, 4) is 0 Å². The van der Waals surface area contributed by atoms with Crippen LogP contribution in [0.15, 0.2) is 29.2 Å². The smallest absolute Gasteiger partial charge is 0.243 e. The topological polar surface area (TPSA) is 79.0 Å². The minimum atomic E-state index is -3.65. The molecule has 1 saturated heterocycles. The molecule has 1 fully saturated rings. The Balaban J connectivity index is 1.74. The van der Waals surface area contributed by atoms with Gasteiger partial charge in [-0.05, 0) is 32.0 Å². The Hall–Kier alpha value is -1.48. The van der Waals surface area contributed by atoms with Crippen LogP contribution < -0.4 is 5.32 Å². The second-order valence-corrected chi connectivity index (χ2v) is 8.28. The Kier molecular flexibility index (Phi) is 7.37. The zero-order valence-electron chi connectivity index (χ0n) is 14.9. The molecule has 1 heterocycles. The largest absolute Gasteiger partial charge is 0.379 e. The summed E-state index contributed by atoms with van der Waals surface area (Å²) in [5.41, 5.74) is 0.986. The van der Waals surface area contributed by atoms with E-state index in [1.165, 1.54) is 7.05 Å². The fourth-order valence-corrected chi connectivity index (χ4v) is 3.72. The van der Waals surface area contributed by atoms with Crippen LogP contribution in [0.5, 0.6) is 0 Å². The molecule has 1 amide bonds. The summed E-state index contributed by atoms with van der Waals surface area (Å²) >= 11 is 0. The van der Waals surface area contributed by atoms with Gasteiger partial charge in [-0.3, -0.25) is 9.69 Å². The van der Waals surface area contributed by atoms with Crippen LogP contribution in [0, 0.1) is 6.92 Å². The SMILES string of the molecule is Cc1ccc(S(=O)(=O)N(C)CC(=O)NCCCN2CCOCC2)cc1. The number of sulfonamides is 1. The highest BCUT2D eigenvalue weighted by molar-refractivity contribution is 7.89. The molecular formula is C17H27N3O4S. The number of nitrogens with zero attached hydrogens (tertiary/aromatic N) is 2. The third kappa shape index (κ3) is 6.07. The minimum absolute atomic E-state index is 0.187. The van der Waals surface area contributed by atoms with Gasteiger partial charge in [-0.25, -0.2) is 8.42 Å². The number of morpholine rings is 1. The van der Waals surface area contributed by atoms with Gasteiger partial charge in [-0.15, -0.1) is 0 Å². The Labute approximate surface area is 150 Å². The molecule has 2 rings (SSSR count). The standard InChI is InChI=1S/C17H27N3O4S/c1-15-4-6-16(7-5-15)25(22,23)19(2)14-17(21)18-8-3-9-20-10-12-24-13-11-20/h4-7H,3,8-14H2,1-2H3,(H,18,21). The molecule has 1 N–H and O–H groups in total. The second-order valence-electron chi connectivity index (χ2n) is 6.23. The van der Waals surface area contributed by atoms with E-state index in [0.29, 0.717) is 6.54 Å². The van der Waals surface area contributed by atoms with Gasteiger partial charge in [-0.2, -0.15) is 4.31 Å². The molecule has 0 atom stereocenters. The van der Waals surface area contributed by atoms with Gasteiger partial charge in [-0.1, -0.05) is 17.7 Å². The predicted molar refractivity (Wildman–Crippen MR) is 95.9 cm³/mol. The van der Waals surface area contributed by atoms with Crippen molar-refractivity contribution in [3.63, 3.8) is 0 Å². The molecule has 0 aliphatic carbocycles. The Morgan fingerprint density at radius 3 is 2.52 bits per heavy atom. The molecule has 1 aliphatic rings. The first-order chi connectivity index (χ1) is 11.9. The average Bonchev–Trinajstić information content (AvgIpc) is 2.60. The molecule has 0 bridgehead atoms. The number of benzene rings is 1. The van der Waals surface area contributed by atoms with Gasteiger partial charge in [0.15, 0.2) is 0 Å². The van der Waals surface area contributed by atoms with E-state index in [9.17, 15) is 13.2 Å². The van der Waals surface area contributed by atoms with Crippen LogP contribution in [0.25, 0.3) is 0 Å². The van der Waals surface area contributed by atoms with E-state index in [2.05, 4.69) is 10.2 Å². The number of carbonyl (C=O) groups is 1. The van der Waals surface area contributed by atoms with Gasteiger partial charge >= 0.3 is 0 Å². The van der Waals surface area contributed by atoms with Crippen LogP contribution in [0.4, 0.5) is 0 Å². The second kappa shape index (κ2) is 9.28. The molecular weight excluding hydrogens is 342 g/mol. The molecule has 1 aliphatic heterocycles. The summed E-state index contributed by atoms with van der Waals surface area (Å²) in [6.07, 6.45) is 0.833. The summed E-state index contributed by atoms with van der Waals surface area (Å²) in [4.78, 5) is 14.5. The lowest BCUT2D eigenvalue weighted by molar-refractivity contribution is -0.121. The van der Waals surface area contributed by atoms with Crippen LogP contribution in [0.2, 0.25) is 0 Å². The van der Waals surface area contributed by atoms with Gasteiger partial charge < -0.3 is 10.1 Å². The van der Waals surface area contributed by atoms with Crippen molar-refractivity contribution in [3.05, 3.63) is 29.8 Å². The van der Waals surface area contributed by atoms with Crippen molar-refractivity contribution < 1.29 is 17.9 Å². The predicted octanol–water partition coefficient (Wildman–Crippen LogP) is 0.454. The van der Waals surface area contributed by atoms with Crippen LogP contribution in [-0.4, -0.2) is 76.5 Å². The Morgan fingerprint density at radius 1 is 1.24 bits per heavy atom. The monoisotopic (exact) mass is 369 g/mol. The van der Waals surface area contributed by atoms with E-state index in [1.54, 1.807) is 24.3 Å². The third-order valence-electron chi connectivity index (χ3n) is 4.17. The van der Waals surface area contributed by atoms with Crippen molar-refractivity contribution >= 4 is 15.9 Å². The van der Waals surface area contributed by atoms with Crippen molar-refractivity contribution in [2.75, 3.05) is 53.0 Å². The van der Waals surface area contributed by atoms with Crippen LogP contribution in [-0.2, 0) is 19.6 Å². The van der Waals surface area contributed by atoms with E-state index in [4.69, 9.17) is 4.74 Å². The number of hydrogen-bond acceptors (Lipinski definition) is 5. The summed E-state index contributed by atoms with van der Waals surface area (Å²) in [7, 11) is -2.23. The number of aryl methyl sites for hydroxylation is 1. The minimum Gasteiger partial charge on any atom is -0.379 e.